The first kappa shape index (κ1) is 18.7. The van der Waals surface area contributed by atoms with E-state index in [0.29, 0.717) is 29.2 Å². The van der Waals surface area contributed by atoms with Gasteiger partial charge in [-0.05, 0) is 44.4 Å². The number of nitrogens with zero attached hydrogens (tertiary/aromatic N) is 3. The van der Waals surface area contributed by atoms with Gasteiger partial charge in [0.25, 0.3) is 5.56 Å². The van der Waals surface area contributed by atoms with Gasteiger partial charge in [-0.1, -0.05) is 25.0 Å². The zero-order valence-corrected chi connectivity index (χ0v) is 15.6. The van der Waals surface area contributed by atoms with Crippen molar-refractivity contribution in [3.63, 3.8) is 0 Å². The van der Waals surface area contributed by atoms with Crippen molar-refractivity contribution in [1.29, 1.82) is 5.26 Å². The van der Waals surface area contributed by atoms with Crippen LogP contribution in [0.25, 0.3) is 0 Å². The van der Waals surface area contributed by atoms with E-state index in [0.717, 1.165) is 25.7 Å². The van der Waals surface area contributed by atoms with Gasteiger partial charge in [0, 0.05) is 12.3 Å². The molecule has 1 heterocycles. The second-order valence-electron chi connectivity index (χ2n) is 6.62. The molecule has 0 bridgehead atoms. The van der Waals surface area contributed by atoms with Gasteiger partial charge < -0.3 is 9.84 Å². The number of aliphatic imine (C=N–C) groups is 1. The molecule has 6 nitrogen and oxygen atoms in total. The largest absolute Gasteiger partial charge is 0.494 e. The van der Waals surface area contributed by atoms with Crippen LogP contribution in [0.3, 0.4) is 0 Å². The van der Waals surface area contributed by atoms with Crippen molar-refractivity contribution in [3.8, 4) is 17.7 Å². The lowest BCUT2D eigenvalue weighted by molar-refractivity contribution is 0.341. The number of aromatic hydroxyl groups is 1. The molecular weight excluding hydrogens is 342 g/mol. The van der Waals surface area contributed by atoms with Crippen LogP contribution < -0.4 is 10.3 Å². The first-order chi connectivity index (χ1) is 13.1. The zero-order valence-electron chi connectivity index (χ0n) is 15.6. The summed E-state index contributed by atoms with van der Waals surface area (Å²) in [6.45, 7) is 4.07. The van der Waals surface area contributed by atoms with Gasteiger partial charge in [0.2, 0.25) is 5.88 Å². The summed E-state index contributed by atoms with van der Waals surface area (Å²) in [7, 11) is 0. The lowest BCUT2D eigenvalue weighted by atomic mass is 10.0. The second-order valence-corrected chi connectivity index (χ2v) is 6.62. The molecule has 1 aromatic carbocycles. The monoisotopic (exact) mass is 365 g/mol. The van der Waals surface area contributed by atoms with Crippen LogP contribution in [-0.2, 0) is 0 Å². The first-order valence-electron chi connectivity index (χ1n) is 9.22. The van der Waals surface area contributed by atoms with E-state index < -0.39 is 5.56 Å². The number of pyridine rings is 1. The molecule has 0 saturated heterocycles. The Labute approximate surface area is 158 Å². The Balaban J connectivity index is 2.12. The van der Waals surface area contributed by atoms with Gasteiger partial charge >= 0.3 is 0 Å². The molecule has 3 rings (SSSR count). The molecule has 0 amide bonds. The van der Waals surface area contributed by atoms with E-state index in [2.05, 4.69) is 4.99 Å². The second kappa shape index (κ2) is 8.09. The quantitative estimate of drug-likeness (QED) is 0.811. The molecule has 1 N–H and O–H groups in total. The van der Waals surface area contributed by atoms with Gasteiger partial charge in [-0.2, -0.15) is 5.26 Å². The summed E-state index contributed by atoms with van der Waals surface area (Å²) in [6.07, 6.45) is 5.18. The van der Waals surface area contributed by atoms with Crippen molar-refractivity contribution in [1.82, 2.24) is 4.57 Å². The summed E-state index contributed by atoms with van der Waals surface area (Å²) < 4.78 is 6.94. The summed E-state index contributed by atoms with van der Waals surface area (Å²) in [5.41, 5.74) is 1.08. The number of benzene rings is 1. The van der Waals surface area contributed by atoms with Gasteiger partial charge in [-0.3, -0.25) is 14.4 Å². The van der Waals surface area contributed by atoms with E-state index in [4.69, 9.17) is 4.74 Å². The number of rotatable bonds is 5. The molecule has 1 saturated carbocycles. The highest BCUT2D eigenvalue weighted by atomic mass is 16.5. The Kier molecular flexibility index (Phi) is 5.60. The van der Waals surface area contributed by atoms with Gasteiger partial charge in [-0.15, -0.1) is 0 Å². The highest BCUT2D eigenvalue weighted by Gasteiger charge is 2.25. The fourth-order valence-electron chi connectivity index (χ4n) is 3.57. The fraction of sp³-hybridized carbons (Fsp3) is 0.381. The molecule has 1 aromatic heterocycles. The number of nitriles is 1. The predicted molar refractivity (Wildman–Crippen MR) is 104 cm³/mol. The van der Waals surface area contributed by atoms with Gasteiger partial charge in [0.1, 0.15) is 23.1 Å². The fourth-order valence-corrected chi connectivity index (χ4v) is 3.57. The van der Waals surface area contributed by atoms with E-state index in [-0.39, 0.29) is 17.5 Å². The summed E-state index contributed by atoms with van der Waals surface area (Å²) in [6, 6.07) is 9.26. The molecule has 27 heavy (non-hydrogen) atoms. The van der Waals surface area contributed by atoms with Crippen molar-refractivity contribution in [2.24, 2.45) is 4.99 Å². The lowest BCUT2D eigenvalue weighted by Gasteiger charge is -2.19. The van der Waals surface area contributed by atoms with E-state index in [1.165, 1.54) is 10.8 Å². The van der Waals surface area contributed by atoms with Crippen LogP contribution in [0.15, 0.2) is 34.1 Å². The minimum absolute atomic E-state index is 0.0549. The van der Waals surface area contributed by atoms with Crippen LogP contribution >= 0.6 is 0 Å². The SMILES string of the molecule is CCOc1ccccc1N=Cc1c(C)c(C#N)c(=O)n(C2CCCC2)c1O. The number of hydrogen-bond acceptors (Lipinski definition) is 5. The number of para-hydroxylation sites is 2. The van der Waals surface area contributed by atoms with Gasteiger partial charge in [0.15, 0.2) is 0 Å². The molecular formula is C21H23N3O3. The molecule has 2 aromatic rings. The van der Waals surface area contributed by atoms with Crippen molar-refractivity contribution in [3.05, 3.63) is 51.3 Å². The highest BCUT2D eigenvalue weighted by molar-refractivity contribution is 5.88. The Hall–Kier alpha value is -3.07. The highest BCUT2D eigenvalue weighted by Crippen LogP contribution is 2.34. The average Bonchev–Trinajstić information content (AvgIpc) is 3.17. The number of ether oxygens (including phenoxy) is 1. The normalized spacial score (nSPS) is 14.6. The first-order valence-corrected chi connectivity index (χ1v) is 9.22. The number of hydrogen-bond donors (Lipinski definition) is 1. The third-order valence-corrected chi connectivity index (χ3v) is 4.98. The maximum atomic E-state index is 12.7. The standard InChI is InChI=1S/C21H23N3O3/c1-3-27-19-11-7-6-10-18(19)23-13-17-14(2)16(12-22)20(25)24(21(17)26)15-8-4-5-9-15/h6-7,10-11,13,15,26H,3-5,8-9H2,1-2H3. The molecule has 0 aliphatic heterocycles. The topological polar surface area (TPSA) is 87.6 Å². The molecule has 6 heteroatoms. The lowest BCUT2D eigenvalue weighted by Crippen LogP contribution is -2.28. The van der Waals surface area contributed by atoms with Crippen molar-refractivity contribution in [2.75, 3.05) is 6.61 Å². The molecule has 1 fully saturated rings. The maximum Gasteiger partial charge on any atom is 0.271 e. The Morgan fingerprint density at radius 1 is 1.37 bits per heavy atom. The molecule has 0 spiro atoms. The molecule has 1 aliphatic carbocycles. The molecule has 1 aliphatic rings. The third kappa shape index (κ3) is 3.59. The van der Waals surface area contributed by atoms with Gasteiger partial charge in [-0.25, -0.2) is 0 Å². The summed E-state index contributed by atoms with van der Waals surface area (Å²) in [5.74, 6) is 0.513. The van der Waals surface area contributed by atoms with Gasteiger partial charge in [0.05, 0.1) is 12.2 Å². The van der Waals surface area contributed by atoms with E-state index in [1.807, 2.05) is 37.3 Å². The molecule has 0 atom stereocenters. The van der Waals surface area contributed by atoms with Crippen LogP contribution in [-0.4, -0.2) is 22.5 Å². The maximum absolute atomic E-state index is 12.7. The Morgan fingerprint density at radius 2 is 2.07 bits per heavy atom. The van der Waals surface area contributed by atoms with Crippen LogP contribution in [0.1, 0.15) is 55.3 Å². The van der Waals surface area contributed by atoms with E-state index in [9.17, 15) is 15.2 Å². The Morgan fingerprint density at radius 3 is 2.74 bits per heavy atom. The van der Waals surface area contributed by atoms with Crippen molar-refractivity contribution >= 4 is 11.9 Å². The summed E-state index contributed by atoms with van der Waals surface area (Å²) >= 11 is 0. The van der Waals surface area contributed by atoms with Crippen LogP contribution in [0.4, 0.5) is 5.69 Å². The smallest absolute Gasteiger partial charge is 0.271 e. The van der Waals surface area contributed by atoms with Crippen molar-refractivity contribution < 1.29 is 9.84 Å². The summed E-state index contributed by atoms with van der Waals surface area (Å²) in [5, 5.41) is 20.3. The van der Waals surface area contributed by atoms with E-state index in [1.54, 1.807) is 6.92 Å². The predicted octanol–water partition coefficient (Wildman–Crippen LogP) is 4.00. The van der Waals surface area contributed by atoms with Crippen LogP contribution in [0.2, 0.25) is 0 Å². The Bertz CT molecular complexity index is 964. The molecule has 0 unspecified atom stereocenters. The summed E-state index contributed by atoms with van der Waals surface area (Å²) in [4.78, 5) is 17.2. The average molecular weight is 365 g/mol. The van der Waals surface area contributed by atoms with E-state index >= 15 is 0 Å². The van der Waals surface area contributed by atoms with Crippen molar-refractivity contribution in [2.45, 2.75) is 45.6 Å². The molecule has 140 valence electrons. The van der Waals surface area contributed by atoms with Crippen LogP contribution in [0.5, 0.6) is 11.6 Å². The molecule has 0 radical (unpaired) electrons. The zero-order chi connectivity index (χ0) is 19.4. The van der Waals surface area contributed by atoms with Crippen LogP contribution in [0, 0.1) is 18.3 Å². The number of aromatic nitrogens is 1. The minimum atomic E-state index is -0.425. The minimum Gasteiger partial charge on any atom is -0.494 e. The third-order valence-electron chi connectivity index (χ3n) is 4.98.